The molecule has 1 atom stereocenters. The molecule has 1 fully saturated rings. The molecular formula is C10H17ClN4. The first-order chi connectivity index (χ1) is 7.08. The van der Waals surface area contributed by atoms with Gasteiger partial charge < -0.3 is 5.73 Å². The molecule has 1 saturated heterocycles. The average Bonchev–Trinajstić information content (AvgIpc) is 2.67. The van der Waals surface area contributed by atoms with Gasteiger partial charge >= 0.3 is 0 Å². The number of aromatic nitrogens is 2. The van der Waals surface area contributed by atoms with Crippen LogP contribution in [0.5, 0.6) is 0 Å². The highest BCUT2D eigenvalue weighted by Gasteiger charge is 2.21. The Balaban J connectivity index is 2.10. The second-order valence-corrected chi connectivity index (χ2v) is 4.62. The van der Waals surface area contributed by atoms with E-state index in [1.165, 1.54) is 0 Å². The number of hydrogen-bond acceptors (Lipinski definition) is 3. The standard InChI is InChI=1S/C10H17ClN4/c1-7-9(10(11)14(2)13-7)6-15-4-3-8(12)5-15/h8H,3-6,12H2,1-2H3. The van der Waals surface area contributed by atoms with Crippen molar-refractivity contribution in [2.24, 2.45) is 12.8 Å². The molecule has 15 heavy (non-hydrogen) atoms. The molecule has 84 valence electrons. The fraction of sp³-hybridized carbons (Fsp3) is 0.700. The predicted octanol–water partition coefficient (Wildman–Crippen LogP) is 0.915. The van der Waals surface area contributed by atoms with E-state index in [0.717, 1.165) is 42.5 Å². The van der Waals surface area contributed by atoms with Gasteiger partial charge in [-0.25, -0.2) is 0 Å². The summed E-state index contributed by atoms with van der Waals surface area (Å²) in [6, 6.07) is 0.320. The largest absolute Gasteiger partial charge is 0.326 e. The van der Waals surface area contributed by atoms with Crippen molar-refractivity contribution in [3.05, 3.63) is 16.4 Å². The Bertz CT molecular complexity index is 361. The summed E-state index contributed by atoms with van der Waals surface area (Å²) in [7, 11) is 1.87. The number of hydrogen-bond donors (Lipinski definition) is 1. The van der Waals surface area contributed by atoms with Crippen molar-refractivity contribution in [3.63, 3.8) is 0 Å². The lowest BCUT2D eigenvalue weighted by molar-refractivity contribution is 0.326. The monoisotopic (exact) mass is 228 g/mol. The first-order valence-corrected chi connectivity index (χ1v) is 5.61. The molecule has 1 aliphatic rings. The van der Waals surface area contributed by atoms with Gasteiger partial charge in [0.25, 0.3) is 0 Å². The van der Waals surface area contributed by atoms with Gasteiger partial charge in [-0.3, -0.25) is 9.58 Å². The maximum atomic E-state index is 6.17. The lowest BCUT2D eigenvalue weighted by Crippen LogP contribution is -2.26. The zero-order chi connectivity index (χ0) is 11.0. The van der Waals surface area contributed by atoms with Gasteiger partial charge in [-0.2, -0.15) is 5.10 Å². The minimum Gasteiger partial charge on any atom is -0.326 e. The summed E-state index contributed by atoms with van der Waals surface area (Å²) in [4.78, 5) is 2.33. The number of likely N-dealkylation sites (tertiary alicyclic amines) is 1. The molecule has 0 saturated carbocycles. The molecule has 0 aromatic carbocycles. The molecule has 0 spiro atoms. The Labute approximate surface area is 95.0 Å². The fourth-order valence-corrected chi connectivity index (χ4v) is 2.32. The van der Waals surface area contributed by atoms with Crippen LogP contribution in [0.15, 0.2) is 0 Å². The van der Waals surface area contributed by atoms with Gasteiger partial charge in [-0.1, -0.05) is 11.6 Å². The zero-order valence-electron chi connectivity index (χ0n) is 9.20. The highest BCUT2D eigenvalue weighted by Crippen LogP contribution is 2.22. The molecule has 0 aliphatic carbocycles. The molecule has 2 rings (SSSR count). The number of aryl methyl sites for hydroxylation is 2. The quantitative estimate of drug-likeness (QED) is 0.819. The molecule has 0 amide bonds. The third kappa shape index (κ3) is 2.17. The Morgan fingerprint density at radius 3 is 2.80 bits per heavy atom. The number of halogens is 1. The molecule has 4 nitrogen and oxygen atoms in total. The van der Waals surface area contributed by atoms with Crippen molar-refractivity contribution in [2.45, 2.75) is 25.9 Å². The van der Waals surface area contributed by atoms with Crippen LogP contribution in [0, 0.1) is 6.92 Å². The van der Waals surface area contributed by atoms with Crippen LogP contribution in [0.25, 0.3) is 0 Å². The Morgan fingerprint density at radius 2 is 2.33 bits per heavy atom. The van der Waals surface area contributed by atoms with Crippen molar-refractivity contribution in [1.82, 2.24) is 14.7 Å². The van der Waals surface area contributed by atoms with E-state index in [0.29, 0.717) is 6.04 Å². The van der Waals surface area contributed by atoms with E-state index in [9.17, 15) is 0 Å². The fourth-order valence-electron chi connectivity index (χ4n) is 2.08. The van der Waals surface area contributed by atoms with Crippen LogP contribution in [-0.2, 0) is 13.6 Å². The van der Waals surface area contributed by atoms with Crippen molar-refractivity contribution in [1.29, 1.82) is 0 Å². The first-order valence-electron chi connectivity index (χ1n) is 5.24. The van der Waals surface area contributed by atoms with Crippen LogP contribution >= 0.6 is 11.6 Å². The smallest absolute Gasteiger partial charge is 0.131 e. The third-order valence-electron chi connectivity index (χ3n) is 2.96. The molecule has 1 aliphatic heterocycles. The summed E-state index contributed by atoms with van der Waals surface area (Å²) in [5.74, 6) is 0. The van der Waals surface area contributed by atoms with E-state index in [-0.39, 0.29) is 0 Å². The van der Waals surface area contributed by atoms with Crippen molar-refractivity contribution < 1.29 is 0 Å². The van der Waals surface area contributed by atoms with Gasteiger partial charge in [-0.15, -0.1) is 0 Å². The average molecular weight is 229 g/mol. The van der Waals surface area contributed by atoms with E-state index < -0.39 is 0 Å². The van der Waals surface area contributed by atoms with E-state index >= 15 is 0 Å². The Hall–Kier alpha value is -0.580. The lowest BCUT2D eigenvalue weighted by atomic mass is 10.2. The van der Waals surface area contributed by atoms with E-state index in [4.69, 9.17) is 17.3 Å². The summed E-state index contributed by atoms with van der Waals surface area (Å²) in [5.41, 5.74) is 8.01. The second kappa shape index (κ2) is 4.12. The summed E-state index contributed by atoms with van der Waals surface area (Å²) >= 11 is 6.17. The van der Waals surface area contributed by atoms with Crippen LogP contribution in [-0.4, -0.2) is 33.8 Å². The normalized spacial score (nSPS) is 22.5. The second-order valence-electron chi connectivity index (χ2n) is 4.26. The van der Waals surface area contributed by atoms with Gasteiger partial charge in [0.1, 0.15) is 5.15 Å². The van der Waals surface area contributed by atoms with Gasteiger partial charge in [0.05, 0.1) is 5.69 Å². The van der Waals surface area contributed by atoms with Gasteiger partial charge in [0.2, 0.25) is 0 Å². The molecule has 1 aromatic rings. The molecule has 0 bridgehead atoms. The maximum absolute atomic E-state index is 6.17. The van der Waals surface area contributed by atoms with Crippen LogP contribution < -0.4 is 5.73 Å². The summed E-state index contributed by atoms with van der Waals surface area (Å²) < 4.78 is 1.72. The Kier molecular flexibility index (Phi) is 3.00. The predicted molar refractivity (Wildman–Crippen MR) is 60.8 cm³/mol. The highest BCUT2D eigenvalue weighted by molar-refractivity contribution is 6.30. The molecule has 0 radical (unpaired) electrons. The molecule has 2 heterocycles. The first kappa shape index (κ1) is 10.9. The zero-order valence-corrected chi connectivity index (χ0v) is 9.96. The number of rotatable bonds is 2. The molecule has 5 heteroatoms. The third-order valence-corrected chi connectivity index (χ3v) is 3.43. The summed E-state index contributed by atoms with van der Waals surface area (Å²) in [6.45, 7) is 4.89. The van der Waals surface area contributed by atoms with Gasteiger partial charge in [0, 0.05) is 38.3 Å². The van der Waals surface area contributed by atoms with Crippen molar-refractivity contribution >= 4 is 11.6 Å². The van der Waals surface area contributed by atoms with E-state index in [2.05, 4.69) is 10.00 Å². The van der Waals surface area contributed by atoms with Crippen molar-refractivity contribution in [2.75, 3.05) is 13.1 Å². The van der Waals surface area contributed by atoms with Crippen LogP contribution in [0.2, 0.25) is 5.15 Å². The lowest BCUT2D eigenvalue weighted by Gasteiger charge is -2.14. The van der Waals surface area contributed by atoms with Crippen molar-refractivity contribution in [3.8, 4) is 0 Å². The topological polar surface area (TPSA) is 47.1 Å². The molecule has 1 aromatic heterocycles. The number of nitrogens with zero attached hydrogens (tertiary/aromatic N) is 3. The Morgan fingerprint density at radius 1 is 1.60 bits per heavy atom. The van der Waals surface area contributed by atoms with Crippen LogP contribution in [0.1, 0.15) is 17.7 Å². The molecule has 2 N–H and O–H groups in total. The maximum Gasteiger partial charge on any atom is 0.131 e. The summed E-state index contributed by atoms with van der Waals surface area (Å²) in [5, 5.41) is 5.04. The van der Waals surface area contributed by atoms with Crippen LogP contribution in [0.4, 0.5) is 0 Å². The molecular weight excluding hydrogens is 212 g/mol. The minimum atomic E-state index is 0.320. The SMILES string of the molecule is Cc1nn(C)c(Cl)c1CN1CCC(N)C1. The summed E-state index contributed by atoms with van der Waals surface area (Å²) in [6.07, 6.45) is 1.08. The van der Waals surface area contributed by atoms with Crippen LogP contribution in [0.3, 0.4) is 0 Å². The van der Waals surface area contributed by atoms with Gasteiger partial charge in [0.15, 0.2) is 0 Å². The molecule has 1 unspecified atom stereocenters. The number of nitrogens with two attached hydrogens (primary N) is 1. The van der Waals surface area contributed by atoms with Gasteiger partial charge in [-0.05, 0) is 13.3 Å². The van der Waals surface area contributed by atoms with E-state index in [1.807, 2.05) is 14.0 Å². The van der Waals surface area contributed by atoms with E-state index in [1.54, 1.807) is 4.68 Å². The minimum absolute atomic E-state index is 0.320. The highest BCUT2D eigenvalue weighted by atomic mass is 35.5.